The molecule has 1 aromatic carbocycles. The smallest absolute Gasteiger partial charge is 0.294 e. The van der Waals surface area contributed by atoms with Crippen LogP contribution < -0.4 is 5.32 Å². The molecule has 2 aromatic rings. The van der Waals surface area contributed by atoms with Crippen molar-refractivity contribution in [2.24, 2.45) is 0 Å². The Morgan fingerprint density at radius 2 is 2.19 bits per heavy atom. The molecule has 5 nitrogen and oxygen atoms in total. The van der Waals surface area contributed by atoms with Crippen molar-refractivity contribution >= 4 is 41.2 Å². The largest absolute Gasteiger partial charge is 0.319 e. The maximum absolute atomic E-state index is 12.7. The van der Waals surface area contributed by atoms with E-state index in [1.54, 1.807) is 29.0 Å². The fourth-order valence-electron chi connectivity index (χ4n) is 2.42. The average molecular weight is 403 g/mol. The standard InChI is InChI=1S/C20H23ClN4OS/c1-5-9-15(10-6-2)13-27-20-24-23-18(25(20)7-3)19(26)22-17-12-8-11-16(21)14(17)4/h5,7-12H,3,6,13H2,1-2,4H3,(H,22,26)/b9-5-,15-10+. The van der Waals surface area contributed by atoms with Crippen molar-refractivity contribution in [2.75, 3.05) is 11.1 Å². The zero-order chi connectivity index (χ0) is 19.8. The number of hydrogen-bond donors (Lipinski definition) is 1. The Morgan fingerprint density at radius 1 is 1.41 bits per heavy atom. The van der Waals surface area contributed by atoms with Gasteiger partial charge in [-0.1, -0.05) is 61.2 Å². The van der Waals surface area contributed by atoms with Gasteiger partial charge in [-0.2, -0.15) is 0 Å². The summed E-state index contributed by atoms with van der Waals surface area (Å²) in [6.45, 7) is 9.72. The number of benzene rings is 1. The van der Waals surface area contributed by atoms with Gasteiger partial charge in [-0.05, 0) is 43.5 Å². The highest BCUT2D eigenvalue weighted by Gasteiger charge is 2.19. The summed E-state index contributed by atoms with van der Waals surface area (Å²) in [5, 5.41) is 12.2. The minimum Gasteiger partial charge on any atom is -0.319 e. The summed E-state index contributed by atoms with van der Waals surface area (Å²) in [6, 6.07) is 5.36. The monoisotopic (exact) mass is 402 g/mol. The summed E-state index contributed by atoms with van der Waals surface area (Å²) < 4.78 is 1.60. The minimum absolute atomic E-state index is 0.180. The summed E-state index contributed by atoms with van der Waals surface area (Å²) >= 11 is 7.62. The lowest BCUT2D eigenvalue weighted by Crippen LogP contribution is -2.17. The molecule has 0 radical (unpaired) electrons. The van der Waals surface area contributed by atoms with Gasteiger partial charge < -0.3 is 5.32 Å². The van der Waals surface area contributed by atoms with Crippen LogP contribution in [0.3, 0.4) is 0 Å². The molecule has 0 aliphatic rings. The Kier molecular flexibility index (Phi) is 7.88. The number of aromatic nitrogens is 3. The molecular weight excluding hydrogens is 380 g/mol. The second-order valence-corrected chi connectivity index (χ2v) is 7.05. The van der Waals surface area contributed by atoms with Gasteiger partial charge in [0.2, 0.25) is 5.82 Å². The van der Waals surface area contributed by atoms with Crippen LogP contribution in [-0.4, -0.2) is 26.4 Å². The minimum atomic E-state index is -0.364. The molecule has 27 heavy (non-hydrogen) atoms. The van der Waals surface area contributed by atoms with Gasteiger partial charge >= 0.3 is 0 Å². The van der Waals surface area contributed by atoms with Crippen LogP contribution >= 0.6 is 23.4 Å². The number of nitrogens with zero attached hydrogens (tertiary/aromatic N) is 3. The van der Waals surface area contributed by atoms with Gasteiger partial charge in [0.25, 0.3) is 5.91 Å². The fraction of sp³-hybridized carbons (Fsp3) is 0.250. The molecular formula is C20H23ClN4OS. The SMILES string of the molecule is C=Cn1c(SCC(/C=C\C)=C/CC)nnc1C(=O)Nc1cccc(Cl)c1C. The lowest BCUT2D eigenvalue weighted by molar-refractivity contribution is 0.101. The van der Waals surface area contributed by atoms with Crippen molar-refractivity contribution in [3.05, 3.63) is 65.0 Å². The van der Waals surface area contributed by atoms with Gasteiger partial charge in [0.15, 0.2) is 5.16 Å². The summed E-state index contributed by atoms with van der Waals surface area (Å²) in [5.41, 5.74) is 2.64. The molecule has 0 atom stereocenters. The first-order valence-electron chi connectivity index (χ1n) is 8.60. The van der Waals surface area contributed by atoms with Crippen molar-refractivity contribution in [3.8, 4) is 0 Å². The molecule has 0 fully saturated rings. The van der Waals surface area contributed by atoms with Crippen LogP contribution in [0.25, 0.3) is 6.20 Å². The number of amides is 1. The molecule has 0 saturated carbocycles. The van der Waals surface area contributed by atoms with Gasteiger partial charge in [0, 0.05) is 22.7 Å². The quantitative estimate of drug-likeness (QED) is 0.461. The van der Waals surface area contributed by atoms with Crippen molar-refractivity contribution in [1.82, 2.24) is 14.8 Å². The first-order chi connectivity index (χ1) is 13.0. The third-order valence-electron chi connectivity index (χ3n) is 3.78. The Morgan fingerprint density at radius 3 is 2.85 bits per heavy atom. The molecule has 0 saturated heterocycles. The highest BCUT2D eigenvalue weighted by molar-refractivity contribution is 7.99. The summed E-state index contributed by atoms with van der Waals surface area (Å²) in [7, 11) is 0. The Bertz CT molecular complexity index is 886. The number of carbonyl (C=O) groups excluding carboxylic acids is 1. The molecule has 7 heteroatoms. The molecule has 1 aromatic heterocycles. The topological polar surface area (TPSA) is 59.8 Å². The molecule has 0 aliphatic heterocycles. The number of hydrogen-bond acceptors (Lipinski definition) is 4. The molecule has 0 unspecified atom stereocenters. The molecule has 1 N–H and O–H groups in total. The number of halogens is 1. The molecule has 0 aliphatic carbocycles. The van der Waals surface area contributed by atoms with E-state index in [9.17, 15) is 4.79 Å². The molecule has 2 rings (SSSR count). The van der Waals surface area contributed by atoms with Crippen molar-refractivity contribution in [1.29, 1.82) is 0 Å². The van der Waals surface area contributed by atoms with Crippen LogP contribution in [0.15, 0.2) is 53.7 Å². The predicted octanol–water partition coefficient (Wildman–Crippen LogP) is 5.60. The van der Waals surface area contributed by atoms with Gasteiger partial charge in [0.1, 0.15) is 0 Å². The first-order valence-corrected chi connectivity index (χ1v) is 9.96. The normalized spacial score (nSPS) is 11.8. The van der Waals surface area contributed by atoms with E-state index in [0.717, 1.165) is 17.7 Å². The fourth-order valence-corrected chi connectivity index (χ4v) is 3.50. The van der Waals surface area contributed by atoms with Gasteiger partial charge in [-0.15, -0.1) is 10.2 Å². The van der Waals surface area contributed by atoms with Crippen LogP contribution in [0.5, 0.6) is 0 Å². The van der Waals surface area contributed by atoms with E-state index in [-0.39, 0.29) is 11.7 Å². The second-order valence-electron chi connectivity index (χ2n) is 5.70. The van der Waals surface area contributed by atoms with Crippen molar-refractivity contribution in [3.63, 3.8) is 0 Å². The van der Waals surface area contributed by atoms with E-state index >= 15 is 0 Å². The van der Waals surface area contributed by atoms with Crippen LogP contribution in [0.4, 0.5) is 5.69 Å². The lowest BCUT2D eigenvalue weighted by atomic mass is 10.2. The van der Waals surface area contributed by atoms with Crippen LogP contribution in [0.2, 0.25) is 5.02 Å². The van der Waals surface area contributed by atoms with E-state index in [0.29, 0.717) is 15.9 Å². The highest BCUT2D eigenvalue weighted by Crippen LogP contribution is 2.24. The zero-order valence-corrected chi connectivity index (χ0v) is 17.3. The Labute approximate surface area is 169 Å². The molecule has 142 valence electrons. The van der Waals surface area contributed by atoms with E-state index in [1.807, 2.05) is 19.9 Å². The summed E-state index contributed by atoms with van der Waals surface area (Å²) in [4.78, 5) is 12.7. The van der Waals surface area contributed by atoms with Crippen molar-refractivity contribution in [2.45, 2.75) is 32.3 Å². The molecule has 0 bridgehead atoms. The molecule has 0 spiro atoms. The second kappa shape index (κ2) is 10.1. The number of anilines is 1. The lowest BCUT2D eigenvalue weighted by Gasteiger charge is -2.09. The molecule has 1 heterocycles. The third kappa shape index (κ3) is 5.34. The van der Waals surface area contributed by atoms with Crippen LogP contribution in [-0.2, 0) is 0 Å². The summed E-state index contributed by atoms with van der Waals surface area (Å²) in [6.07, 6.45) is 8.74. The van der Waals surface area contributed by atoms with Gasteiger partial charge in [-0.25, -0.2) is 0 Å². The number of thioether (sulfide) groups is 1. The summed E-state index contributed by atoms with van der Waals surface area (Å²) in [5.74, 6) is 0.551. The number of allylic oxidation sites excluding steroid dienone is 3. The first kappa shape index (κ1) is 21.0. The van der Waals surface area contributed by atoms with E-state index in [4.69, 9.17) is 11.6 Å². The maximum atomic E-state index is 12.7. The van der Waals surface area contributed by atoms with Gasteiger partial charge in [-0.3, -0.25) is 9.36 Å². The zero-order valence-electron chi connectivity index (χ0n) is 15.7. The average Bonchev–Trinajstić information content (AvgIpc) is 3.07. The van der Waals surface area contributed by atoms with Crippen molar-refractivity contribution < 1.29 is 4.79 Å². The number of carbonyl (C=O) groups is 1. The number of nitrogens with one attached hydrogen (secondary N) is 1. The Balaban J connectivity index is 2.19. The maximum Gasteiger partial charge on any atom is 0.294 e. The molecule has 1 amide bonds. The van der Waals surface area contributed by atoms with Crippen LogP contribution in [0, 0.1) is 6.92 Å². The van der Waals surface area contributed by atoms with Crippen LogP contribution in [0.1, 0.15) is 36.5 Å². The van der Waals surface area contributed by atoms with Gasteiger partial charge in [0.05, 0.1) is 0 Å². The van der Waals surface area contributed by atoms with E-state index in [1.165, 1.54) is 17.3 Å². The number of rotatable bonds is 8. The van der Waals surface area contributed by atoms with E-state index in [2.05, 4.69) is 41.2 Å². The highest BCUT2D eigenvalue weighted by atomic mass is 35.5. The predicted molar refractivity (Wildman–Crippen MR) is 114 cm³/mol. The Hall–Kier alpha value is -2.31. The van der Waals surface area contributed by atoms with E-state index < -0.39 is 0 Å². The third-order valence-corrected chi connectivity index (χ3v) is 5.20.